The van der Waals surface area contributed by atoms with Crippen LogP contribution in [0.4, 0.5) is 5.69 Å². The maximum absolute atomic E-state index is 14.5. The van der Waals surface area contributed by atoms with Crippen molar-refractivity contribution < 1.29 is 18.0 Å². The molecule has 9 heteroatoms. The van der Waals surface area contributed by atoms with E-state index in [0.717, 1.165) is 27.4 Å². The average molecular weight is 646 g/mol. The Bertz CT molecular complexity index is 1700. The van der Waals surface area contributed by atoms with Crippen LogP contribution in [0.5, 0.6) is 0 Å². The molecule has 0 heterocycles. The molecule has 2 atom stereocenters. The number of carbonyl (C=O) groups excluding carboxylic acids is 2. The Hall–Kier alpha value is -4.14. The fraction of sp³-hybridized carbons (Fsp3) is 0.278. The molecule has 2 amide bonds. The number of sulfonamides is 1. The summed E-state index contributed by atoms with van der Waals surface area (Å²) < 4.78 is 29.6. The van der Waals surface area contributed by atoms with Gasteiger partial charge in [-0.2, -0.15) is 0 Å². The number of benzene rings is 4. The average Bonchev–Trinajstić information content (AvgIpc) is 3.02. The minimum atomic E-state index is -4.19. The number of halogens is 1. The molecule has 0 radical (unpaired) electrons. The van der Waals surface area contributed by atoms with E-state index in [4.69, 9.17) is 11.6 Å². The molecule has 7 nitrogen and oxygen atoms in total. The van der Waals surface area contributed by atoms with E-state index >= 15 is 0 Å². The lowest BCUT2D eigenvalue weighted by atomic mass is 10.0. The normalized spacial score (nSPS) is 12.6. The highest BCUT2D eigenvalue weighted by Crippen LogP contribution is 2.30. The fourth-order valence-electron chi connectivity index (χ4n) is 5.02. The zero-order valence-corrected chi connectivity index (χ0v) is 27.7. The van der Waals surface area contributed by atoms with Crippen LogP contribution in [0.25, 0.3) is 0 Å². The number of anilines is 1. The quantitative estimate of drug-likeness (QED) is 0.175. The molecule has 0 aromatic heterocycles. The van der Waals surface area contributed by atoms with Gasteiger partial charge in [-0.3, -0.25) is 13.9 Å². The molecule has 0 bridgehead atoms. The van der Waals surface area contributed by atoms with Gasteiger partial charge in [-0.15, -0.1) is 0 Å². The summed E-state index contributed by atoms with van der Waals surface area (Å²) in [6.45, 7) is 7.12. The van der Waals surface area contributed by atoms with Gasteiger partial charge in [-0.1, -0.05) is 96.9 Å². The first kappa shape index (κ1) is 33.7. The molecule has 0 aliphatic heterocycles. The molecule has 4 aromatic rings. The van der Waals surface area contributed by atoms with Crippen molar-refractivity contribution in [2.75, 3.05) is 10.8 Å². The number of aryl methyl sites for hydroxylation is 2. The van der Waals surface area contributed by atoms with Gasteiger partial charge < -0.3 is 10.2 Å². The number of nitrogens with zero attached hydrogens (tertiary/aromatic N) is 2. The second-order valence-electron chi connectivity index (χ2n) is 11.3. The Balaban J connectivity index is 1.82. The second-order valence-corrected chi connectivity index (χ2v) is 13.6. The van der Waals surface area contributed by atoms with E-state index in [-0.39, 0.29) is 29.8 Å². The predicted molar refractivity (Wildman–Crippen MR) is 181 cm³/mol. The lowest BCUT2D eigenvalue weighted by molar-refractivity contribution is -0.140. The van der Waals surface area contributed by atoms with Crippen LogP contribution in [0, 0.1) is 13.8 Å². The van der Waals surface area contributed by atoms with Gasteiger partial charge in [0.05, 0.1) is 10.6 Å². The first-order chi connectivity index (χ1) is 21.5. The molecular weight excluding hydrogens is 606 g/mol. The molecule has 2 unspecified atom stereocenters. The summed E-state index contributed by atoms with van der Waals surface area (Å²) in [6.07, 6.45) is 0.973. The topological polar surface area (TPSA) is 86.8 Å². The monoisotopic (exact) mass is 645 g/mol. The lowest BCUT2D eigenvalue weighted by Crippen LogP contribution is -2.54. The summed E-state index contributed by atoms with van der Waals surface area (Å²) in [4.78, 5) is 30.0. The maximum atomic E-state index is 14.5. The van der Waals surface area contributed by atoms with Crippen LogP contribution < -0.4 is 9.62 Å². The molecule has 4 rings (SSSR count). The lowest BCUT2D eigenvalue weighted by Gasteiger charge is -2.34. The highest BCUT2D eigenvalue weighted by atomic mass is 35.5. The van der Waals surface area contributed by atoms with Crippen LogP contribution in [0.15, 0.2) is 108 Å². The summed E-state index contributed by atoms with van der Waals surface area (Å²) >= 11 is 6.24. The summed E-state index contributed by atoms with van der Waals surface area (Å²) in [7, 11) is -4.19. The molecule has 1 N–H and O–H groups in total. The molecule has 0 spiro atoms. The van der Waals surface area contributed by atoms with Crippen molar-refractivity contribution in [3.8, 4) is 0 Å². The van der Waals surface area contributed by atoms with Crippen LogP contribution in [-0.2, 0) is 32.6 Å². The third-order valence-electron chi connectivity index (χ3n) is 7.78. The number of hydrogen-bond donors (Lipinski definition) is 1. The summed E-state index contributed by atoms with van der Waals surface area (Å²) in [6, 6.07) is 29.3. The predicted octanol–water partition coefficient (Wildman–Crippen LogP) is 6.71. The van der Waals surface area contributed by atoms with Gasteiger partial charge >= 0.3 is 0 Å². The van der Waals surface area contributed by atoms with Gasteiger partial charge in [0.25, 0.3) is 10.0 Å². The highest BCUT2D eigenvalue weighted by Gasteiger charge is 2.35. The van der Waals surface area contributed by atoms with E-state index < -0.39 is 28.5 Å². The summed E-state index contributed by atoms with van der Waals surface area (Å²) in [5, 5.41) is 3.50. The molecule has 4 aromatic carbocycles. The number of nitrogens with one attached hydrogen (secondary N) is 1. The van der Waals surface area contributed by atoms with Gasteiger partial charge in [0, 0.05) is 24.0 Å². The SMILES string of the molecule is CCC(C)NC(=O)C(Cc1ccccc1)N(Cc1ccccc1)C(=O)CN(c1ccc(Cl)cc1C)S(=O)(=O)c1ccc(C)cc1. The van der Waals surface area contributed by atoms with Gasteiger partial charge in [-0.25, -0.2) is 8.42 Å². The van der Waals surface area contributed by atoms with Gasteiger partial charge in [0.2, 0.25) is 11.8 Å². The van der Waals surface area contributed by atoms with Crippen LogP contribution >= 0.6 is 11.6 Å². The van der Waals surface area contributed by atoms with Crippen LogP contribution in [0.3, 0.4) is 0 Å². The first-order valence-electron chi connectivity index (χ1n) is 15.0. The highest BCUT2D eigenvalue weighted by molar-refractivity contribution is 7.92. The molecule has 0 aliphatic carbocycles. The van der Waals surface area contributed by atoms with Crippen molar-refractivity contribution in [1.29, 1.82) is 0 Å². The van der Waals surface area contributed by atoms with E-state index in [9.17, 15) is 18.0 Å². The van der Waals surface area contributed by atoms with E-state index in [2.05, 4.69) is 5.32 Å². The van der Waals surface area contributed by atoms with Crippen molar-refractivity contribution in [3.05, 3.63) is 130 Å². The number of rotatable bonds is 13. The Labute approximate surface area is 271 Å². The third kappa shape index (κ3) is 8.74. The largest absolute Gasteiger partial charge is 0.352 e. The zero-order chi connectivity index (χ0) is 32.6. The van der Waals surface area contributed by atoms with Crippen molar-refractivity contribution in [1.82, 2.24) is 10.2 Å². The zero-order valence-electron chi connectivity index (χ0n) is 26.1. The molecule has 45 heavy (non-hydrogen) atoms. The first-order valence-corrected chi connectivity index (χ1v) is 16.8. The van der Waals surface area contributed by atoms with Gasteiger partial charge in [0.15, 0.2) is 0 Å². The number of hydrogen-bond acceptors (Lipinski definition) is 4. The smallest absolute Gasteiger partial charge is 0.264 e. The molecule has 0 fully saturated rings. The Kier molecular flexibility index (Phi) is 11.4. The molecule has 0 saturated carbocycles. The van der Waals surface area contributed by atoms with Crippen LogP contribution in [0.2, 0.25) is 5.02 Å². The van der Waals surface area contributed by atoms with Gasteiger partial charge in [0.1, 0.15) is 12.6 Å². The minimum Gasteiger partial charge on any atom is -0.352 e. The number of carbonyl (C=O) groups is 2. The van der Waals surface area contributed by atoms with Crippen molar-refractivity contribution in [2.45, 2.75) is 64.1 Å². The second kappa shape index (κ2) is 15.2. The summed E-state index contributed by atoms with van der Waals surface area (Å²) in [5.41, 5.74) is 3.53. The third-order valence-corrected chi connectivity index (χ3v) is 9.79. The van der Waals surface area contributed by atoms with Crippen molar-refractivity contribution in [2.24, 2.45) is 0 Å². The van der Waals surface area contributed by atoms with Gasteiger partial charge in [-0.05, 0) is 74.2 Å². The van der Waals surface area contributed by atoms with Crippen molar-refractivity contribution in [3.63, 3.8) is 0 Å². The Morgan fingerprint density at radius 1 is 0.844 bits per heavy atom. The summed E-state index contributed by atoms with van der Waals surface area (Å²) in [5.74, 6) is -0.808. The molecular formula is C36H40ClN3O4S. The number of amides is 2. The standard InChI is InChI=1S/C36H40ClN3O4S/c1-5-28(4)38-36(42)34(23-29-12-8-6-9-13-29)39(24-30-14-10-7-11-15-30)35(41)25-40(33-21-18-31(37)22-27(33)3)45(43,44)32-19-16-26(2)17-20-32/h6-22,28,34H,5,23-25H2,1-4H3,(H,38,42). The van der Waals surface area contributed by atoms with E-state index in [0.29, 0.717) is 16.3 Å². The van der Waals surface area contributed by atoms with E-state index in [1.54, 1.807) is 37.3 Å². The van der Waals surface area contributed by atoms with Crippen LogP contribution in [0.1, 0.15) is 42.5 Å². The molecule has 0 aliphatic rings. The Morgan fingerprint density at radius 2 is 1.44 bits per heavy atom. The minimum absolute atomic E-state index is 0.0557. The molecule has 236 valence electrons. The fourth-order valence-corrected chi connectivity index (χ4v) is 6.73. The van der Waals surface area contributed by atoms with Crippen LogP contribution in [-0.4, -0.2) is 43.8 Å². The Morgan fingerprint density at radius 3 is 2.02 bits per heavy atom. The molecule has 0 saturated heterocycles. The van der Waals surface area contributed by atoms with E-state index in [1.807, 2.05) is 81.4 Å². The van der Waals surface area contributed by atoms with E-state index in [1.165, 1.54) is 17.0 Å². The van der Waals surface area contributed by atoms with Crippen molar-refractivity contribution >= 4 is 39.1 Å². The maximum Gasteiger partial charge on any atom is 0.264 e.